The van der Waals surface area contributed by atoms with Crippen molar-refractivity contribution in [3.05, 3.63) is 10.4 Å². The Morgan fingerprint density at radius 1 is 0.500 bits per heavy atom. The van der Waals surface area contributed by atoms with Gasteiger partial charge in [0.25, 0.3) is 0 Å². The molecular weight excluding hydrogens is 428 g/mol. The van der Waals surface area contributed by atoms with Crippen molar-refractivity contribution in [1.82, 2.24) is 0 Å². The number of aliphatic hydroxyl groups is 2. The van der Waals surface area contributed by atoms with Crippen LogP contribution in [0.4, 0.5) is 0 Å². The number of nitrogens with zero attached hydrogens (tertiary/aromatic N) is 2. The predicted molar refractivity (Wildman–Crippen MR) is 145 cm³/mol. The van der Waals surface area contributed by atoms with E-state index < -0.39 is 12.2 Å². The van der Waals surface area contributed by atoms with Gasteiger partial charge in [0.2, 0.25) is 0 Å². The summed E-state index contributed by atoms with van der Waals surface area (Å²) in [6.45, 7) is 6.02. The Labute approximate surface area is 212 Å². The average Bonchev–Trinajstić information content (AvgIpc) is 2.74. The lowest BCUT2D eigenvalue weighted by Gasteiger charge is -2.41. The van der Waals surface area contributed by atoms with Crippen LogP contribution in [0.25, 0.3) is 0 Å². The van der Waals surface area contributed by atoms with Crippen LogP contribution in [0.3, 0.4) is 0 Å². The topological polar surface area (TPSA) is 86.6 Å². The van der Waals surface area contributed by atoms with Gasteiger partial charge in [0, 0.05) is 0 Å². The summed E-state index contributed by atoms with van der Waals surface area (Å²) in [4.78, 5) is 0. The van der Waals surface area contributed by atoms with E-state index in [9.17, 15) is 20.6 Å². The minimum atomic E-state index is -0.505. The summed E-state index contributed by atoms with van der Waals surface area (Å²) in [5, 5.41) is 45.8. The van der Waals surface area contributed by atoms with Crippen LogP contribution in [-0.2, 0) is 0 Å². The molecule has 0 bridgehead atoms. The van der Waals surface area contributed by atoms with Crippen molar-refractivity contribution in [2.75, 3.05) is 40.3 Å². The second-order valence-corrected chi connectivity index (χ2v) is 11.2. The van der Waals surface area contributed by atoms with Crippen molar-refractivity contribution in [2.24, 2.45) is 0 Å². The molecule has 2 N–H and O–H groups in total. The number of hydrogen-bond acceptors (Lipinski definition) is 4. The number of rotatable bonds is 25. The summed E-state index contributed by atoms with van der Waals surface area (Å²) in [6.07, 6.45) is 18.3. The number of quaternary nitrogens is 2. The lowest BCUT2D eigenvalue weighted by atomic mass is 10.1. The van der Waals surface area contributed by atoms with Crippen LogP contribution in [0.15, 0.2) is 0 Å². The smallest absolute Gasteiger partial charge is 0.104 e. The monoisotopic (exact) mass is 488 g/mol. The van der Waals surface area contributed by atoms with Crippen molar-refractivity contribution in [3.8, 4) is 0 Å². The Bertz CT molecular complexity index is 406. The molecule has 0 fully saturated rings. The van der Waals surface area contributed by atoms with Crippen LogP contribution in [0.2, 0.25) is 0 Å². The van der Waals surface area contributed by atoms with Crippen molar-refractivity contribution in [1.29, 1.82) is 0 Å². The molecule has 0 aliphatic carbocycles. The third-order valence-electron chi connectivity index (χ3n) is 6.99. The molecule has 4 unspecified atom stereocenters. The van der Waals surface area contributed by atoms with Gasteiger partial charge in [-0.05, 0) is 38.5 Å². The molecule has 0 radical (unpaired) electrons. The Balaban J connectivity index is 3.81. The molecule has 0 aromatic heterocycles. The fourth-order valence-electron chi connectivity index (χ4n) is 4.82. The third-order valence-corrected chi connectivity index (χ3v) is 6.99. The first kappa shape index (κ1) is 33.8. The molecule has 34 heavy (non-hydrogen) atoms. The summed E-state index contributed by atoms with van der Waals surface area (Å²) >= 11 is 0. The standard InChI is InChI=1S/C28H60N2O4/c1-5-7-9-11-13-17-21-27(31)25-29(3,33)23-19-15-16-20-24-30(4,34)26-28(32)22-18-14-12-10-8-6-2/h27-28,31-32H,5-26H2,1-4H3. The normalized spacial score (nSPS) is 17.3. The Hall–Kier alpha value is -0.240. The van der Waals surface area contributed by atoms with Crippen LogP contribution >= 0.6 is 0 Å². The van der Waals surface area contributed by atoms with Crippen molar-refractivity contribution in [2.45, 2.75) is 142 Å². The molecule has 0 saturated carbocycles. The van der Waals surface area contributed by atoms with E-state index in [-0.39, 0.29) is 22.4 Å². The van der Waals surface area contributed by atoms with Gasteiger partial charge in [-0.15, -0.1) is 0 Å². The molecule has 4 atom stereocenters. The average molecular weight is 489 g/mol. The number of unbranched alkanes of at least 4 members (excludes halogenated alkanes) is 13. The van der Waals surface area contributed by atoms with Gasteiger partial charge in [0.05, 0.1) is 27.2 Å². The number of likely N-dealkylation sites (N-methyl/N-ethyl adjacent to an activating group) is 2. The highest BCUT2D eigenvalue weighted by Crippen LogP contribution is 2.15. The summed E-state index contributed by atoms with van der Waals surface area (Å²) in [5.74, 6) is 0. The Morgan fingerprint density at radius 2 is 0.794 bits per heavy atom. The molecule has 206 valence electrons. The van der Waals surface area contributed by atoms with Gasteiger partial charge in [-0.25, -0.2) is 0 Å². The summed E-state index contributed by atoms with van der Waals surface area (Å²) in [7, 11) is 3.34. The second kappa shape index (κ2) is 20.9. The van der Waals surface area contributed by atoms with Crippen LogP contribution in [0.5, 0.6) is 0 Å². The maximum Gasteiger partial charge on any atom is 0.104 e. The number of hydroxylamine groups is 6. The number of hydrogen-bond donors (Lipinski definition) is 2. The fourth-order valence-corrected chi connectivity index (χ4v) is 4.82. The van der Waals surface area contributed by atoms with Gasteiger partial charge in [0.1, 0.15) is 25.3 Å². The van der Waals surface area contributed by atoms with Crippen molar-refractivity contribution < 1.29 is 19.5 Å². The summed E-state index contributed by atoms with van der Waals surface area (Å²) in [5.41, 5.74) is 0. The van der Waals surface area contributed by atoms with Gasteiger partial charge < -0.3 is 29.9 Å². The molecule has 0 saturated heterocycles. The highest BCUT2D eigenvalue weighted by atomic mass is 16.5. The predicted octanol–water partition coefficient (Wildman–Crippen LogP) is 6.66. The molecule has 0 aliphatic heterocycles. The molecule has 0 aromatic carbocycles. The minimum Gasteiger partial charge on any atom is -0.633 e. The molecule has 6 nitrogen and oxygen atoms in total. The molecule has 6 heteroatoms. The maximum absolute atomic E-state index is 12.7. The lowest BCUT2D eigenvalue weighted by Crippen LogP contribution is -2.44. The first-order valence-electron chi connectivity index (χ1n) is 14.6. The van der Waals surface area contributed by atoms with E-state index >= 15 is 0 Å². The Kier molecular flexibility index (Phi) is 20.8. The zero-order valence-electron chi connectivity index (χ0n) is 23.3. The van der Waals surface area contributed by atoms with E-state index in [0.29, 0.717) is 13.1 Å². The quantitative estimate of drug-likeness (QED) is 0.0854. The SMILES string of the molecule is CCCCCCCCC(O)C[N+](C)([O-])CCCCCC[N+](C)([O-])CC(O)CCCCCCCC. The van der Waals surface area contributed by atoms with Gasteiger partial charge in [-0.1, -0.05) is 90.9 Å². The highest BCUT2D eigenvalue weighted by molar-refractivity contribution is 4.59. The van der Waals surface area contributed by atoms with Crippen molar-refractivity contribution >= 4 is 0 Å². The molecular formula is C28H60N2O4. The van der Waals surface area contributed by atoms with Crippen LogP contribution in [0.1, 0.15) is 129 Å². The van der Waals surface area contributed by atoms with Crippen LogP contribution in [-0.4, -0.2) is 72.0 Å². The molecule has 0 rings (SSSR count). The molecule has 0 aromatic rings. The van der Waals surface area contributed by atoms with Gasteiger partial charge in [-0.3, -0.25) is 0 Å². The van der Waals surface area contributed by atoms with Gasteiger partial charge in [0.15, 0.2) is 0 Å². The summed E-state index contributed by atoms with van der Waals surface area (Å²) in [6, 6.07) is 0. The maximum atomic E-state index is 12.7. The molecule has 0 aliphatic rings. The highest BCUT2D eigenvalue weighted by Gasteiger charge is 2.18. The van der Waals surface area contributed by atoms with E-state index in [4.69, 9.17) is 0 Å². The fraction of sp³-hybridized carbons (Fsp3) is 1.00. The van der Waals surface area contributed by atoms with E-state index in [1.54, 1.807) is 14.1 Å². The lowest BCUT2D eigenvalue weighted by molar-refractivity contribution is -0.865. The first-order chi connectivity index (χ1) is 16.1. The van der Waals surface area contributed by atoms with E-state index in [2.05, 4.69) is 13.8 Å². The zero-order chi connectivity index (χ0) is 25.7. The zero-order valence-corrected chi connectivity index (χ0v) is 23.3. The Morgan fingerprint density at radius 3 is 1.15 bits per heavy atom. The molecule has 0 spiro atoms. The first-order valence-corrected chi connectivity index (χ1v) is 14.6. The van der Waals surface area contributed by atoms with E-state index in [1.165, 1.54) is 51.4 Å². The number of aliphatic hydroxyl groups excluding tert-OH is 2. The molecule has 0 amide bonds. The third kappa shape index (κ3) is 22.2. The van der Waals surface area contributed by atoms with E-state index in [1.807, 2.05) is 0 Å². The van der Waals surface area contributed by atoms with E-state index in [0.717, 1.165) is 64.2 Å². The van der Waals surface area contributed by atoms with Crippen LogP contribution in [0, 0.1) is 10.4 Å². The van der Waals surface area contributed by atoms with Crippen LogP contribution < -0.4 is 0 Å². The largest absolute Gasteiger partial charge is 0.633 e. The minimum absolute atomic E-state index is 0.279. The van der Waals surface area contributed by atoms with Crippen molar-refractivity contribution in [3.63, 3.8) is 0 Å². The molecule has 0 heterocycles. The summed E-state index contributed by atoms with van der Waals surface area (Å²) < 4.78 is -0.756. The van der Waals surface area contributed by atoms with Gasteiger partial charge in [-0.2, -0.15) is 0 Å². The van der Waals surface area contributed by atoms with Gasteiger partial charge >= 0.3 is 0 Å². The second-order valence-electron chi connectivity index (χ2n) is 11.2.